The zero-order chi connectivity index (χ0) is 28.8. The highest BCUT2D eigenvalue weighted by Gasteiger charge is 2.24. The van der Waals surface area contributed by atoms with E-state index < -0.39 is 35.9 Å². The maximum atomic E-state index is 14.0. The number of hydrogen-bond acceptors (Lipinski definition) is 6. The molecule has 2 atom stereocenters. The Morgan fingerprint density at radius 3 is 2.40 bits per heavy atom. The van der Waals surface area contributed by atoms with Gasteiger partial charge in [0.05, 0.1) is 0 Å². The minimum atomic E-state index is -1.34. The molecule has 0 radical (unpaired) electrons. The molecule has 1 unspecified atom stereocenters. The number of hydrogen-bond donors (Lipinski definition) is 3. The van der Waals surface area contributed by atoms with E-state index in [1.54, 1.807) is 56.3 Å². The maximum Gasteiger partial charge on any atom is 0.412 e. The molecule has 0 saturated heterocycles. The van der Waals surface area contributed by atoms with Crippen LogP contribution in [0.4, 0.5) is 14.9 Å². The lowest BCUT2D eigenvalue weighted by Crippen LogP contribution is -2.42. The molecule has 0 fully saturated rings. The number of anilines is 1. The van der Waals surface area contributed by atoms with Crippen molar-refractivity contribution in [2.45, 2.75) is 32.4 Å². The molecule has 4 rings (SSSR count). The Bertz CT molecular complexity index is 1540. The van der Waals surface area contributed by atoms with Gasteiger partial charge in [-0.2, -0.15) is 0 Å². The summed E-state index contributed by atoms with van der Waals surface area (Å²) in [6, 6.07) is 17.5. The van der Waals surface area contributed by atoms with Crippen LogP contribution in [-0.2, 0) is 16.0 Å². The molecule has 3 aromatic carbocycles. The predicted molar refractivity (Wildman–Crippen MR) is 146 cm³/mol. The largest absolute Gasteiger partial charge is 0.480 e. The first kappa shape index (κ1) is 28.3. The monoisotopic (exact) mass is 565 g/mol. The Balaban J connectivity index is 1.44. The number of nitrogens with one attached hydrogen (secondary N) is 2. The van der Waals surface area contributed by atoms with E-state index in [1.807, 2.05) is 0 Å². The Kier molecular flexibility index (Phi) is 8.80. The van der Waals surface area contributed by atoms with Gasteiger partial charge < -0.3 is 19.7 Å². The lowest BCUT2D eigenvalue weighted by atomic mass is 10.0. The summed E-state index contributed by atoms with van der Waals surface area (Å²) in [5.74, 6) is -2.27. The van der Waals surface area contributed by atoms with Crippen molar-refractivity contribution in [1.29, 1.82) is 0 Å². The summed E-state index contributed by atoms with van der Waals surface area (Å²) in [5.41, 5.74) is 2.16. The molecule has 11 heteroatoms. The smallest absolute Gasteiger partial charge is 0.412 e. The summed E-state index contributed by atoms with van der Waals surface area (Å²) in [7, 11) is 0. The fourth-order valence-corrected chi connectivity index (χ4v) is 4.26. The number of nitrogens with zero attached hydrogens (tertiary/aromatic N) is 1. The molecule has 4 aromatic rings. The van der Waals surface area contributed by atoms with Crippen molar-refractivity contribution in [3.05, 3.63) is 106 Å². The second kappa shape index (κ2) is 12.4. The summed E-state index contributed by atoms with van der Waals surface area (Å²) in [5, 5.41) is 19.0. The van der Waals surface area contributed by atoms with Crippen LogP contribution in [0, 0.1) is 12.7 Å². The highest BCUT2D eigenvalue weighted by atomic mass is 35.5. The SMILES string of the molecule is Cc1noc(-c2ccc(C(=O)NC(Cc3ccccc3F)C(=O)O)cc2)c1NC(=O)O[C@H](C)c1ccccc1Cl. The summed E-state index contributed by atoms with van der Waals surface area (Å²) in [4.78, 5) is 37.1. The van der Waals surface area contributed by atoms with Crippen molar-refractivity contribution in [3.63, 3.8) is 0 Å². The third-order valence-electron chi connectivity index (χ3n) is 6.11. The van der Waals surface area contributed by atoms with E-state index in [0.29, 0.717) is 21.8 Å². The predicted octanol–water partition coefficient (Wildman–Crippen LogP) is 6.18. The molecular weight excluding hydrogens is 541 g/mol. The molecule has 0 aliphatic rings. The van der Waals surface area contributed by atoms with Crippen LogP contribution >= 0.6 is 11.6 Å². The summed E-state index contributed by atoms with van der Waals surface area (Å²) < 4.78 is 24.9. The van der Waals surface area contributed by atoms with Crippen molar-refractivity contribution >= 4 is 35.3 Å². The second-order valence-corrected chi connectivity index (χ2v) is 9.31. The molecule has 40 heavy (non-hydrogen) atoms. The number of amides is 2. The number of benzene rings is 3. The van der Waals surface area contributed by atoms with E-state index in [4.69, 9.17) is 20.9 Å². The molecule has 2 amide bonds. The maximum absolute atomic E-state index is 14.0. The number of carboxylic acids is 1. The van der Waals surface area contributed by atoms with Crippen molar-refractivity contribution in [3.8, 4) is 11.3 Å². The molecular formula is C29H25ClFN3O6. The van der Waals surface area contributed by atoms with Crippen LogP contribution in [0.25, 0.3) is 11.3 Å². The summed E-state index contributed by atoms with van der Waals surface area (Å²) >= 11 is 6.19. The van der Waals surface area contributed by atoms with E-state index in [0.717, 1.165) is 0 Å². The normalized spacial score (nSPS) is 12.3. The number of ether oxygens (including phenoxy) is 1. The number of aliphatic carboxylic acids is 1. The van der Waals surface area contributed by atoms with Crippen LogP contribution in [0.5, 0.6) is 0 Å². The number of aryl methyl sites for hydroxylation is 1. The quantitative estimate of drug-likeness (QED) is 0.221. The van der Waals surface area contributed by atoms with Crippen molar-refractivity contribution in [2.75, 3.05) is 5.32 Å². The van der Waals surface area contributed by atoms with Gasteiger partial charge in [0.25, 0.3) is 5.91 Å². The molecule has 0 spiro atoms. The molecule has 0 aliphatic heterocycles. The van der Waals surface area contributed by atoms with Crippen LogP contribution in [0.3, 0.4) is 0 Å². The molecule has 3 N–H and O–H groups in total. The fraction of sp³-hybridized carbons (Fsp3) is 0.172. The molecule has 1 heterocycles. The van der Waals surface area contributed by atoms with Crippen LogP contribution in [0.15, 0.2) is 77.3 Å². The van der Waals surface area contributed by atoms with Gasteiger partial charge in [-0.3, -0.25) is 10.1 Å². The van der Waals surface area contributed by atoms with Crippen molar-refractivity contribution in [2.24, 2.45) is 0 Å². The zero-order valence-electron chi connectivity index (χ0n) is 21.5. The Hall–Kier alpha value is -4.70. The third-order valence-corrected chi connectivity index (χ3v) is 6.46. The van der Waals surface area contributed by atoms with Gasteiger partial charge in [-0.05, 0) is 43.7 Å². The number of carboxylic acid groups (broad SMARTS) is 1. The Morgan fingerprint density at radius 1 is 1.05 bits per heavy atom. The number of rotatable bonds is 9. The minimum absolute atomic E-state index is 0.169. The highest BCUT2D eigenvalue weighted by Crippen LogP contribution is 2.32. The topological polar surface area (TPSA) is 131 Å². The van der Waals surface area contributed by atoms with Gasteiger partial charge >= 0.3 is 12.1 Å². The number of aromatic nitrogens is 1. The Morgan fingerprint density at radius 2 is 1.73 bits per heavy atom. The number of carbonyl (C=O) groups is 3. The van der Waals surface area contributed by atoms with E-state index in [1.165, 1.54) is 30.3 Å². The minimum Gasteiger partial charge on any atom is -0.480 e. The molecule has 1 aromatic heterocycles. The highest BCUT2D eigenvalue weighted by molar-refractivity contribution is 6.31. The number of halogens is 2. The average Bonchev–Trinajstić information content (AvgIpc) is 3.29. The van der Waals surface area contributed by atoms with E-state index in [-0.39, 0.29) is 29.0 Å². The van der Waals surface area contributed by atoms with Gasteiger partial charge in [-0.15, -0.1) is 0 Å². The van der Waals surface area contributed by atoms with Crippen LogP contribution in [0.1, 0.15) is 40.2 Å². The van der Waals surface area contributed by atoms with Gasteiger partial charge in [0.2, 0.25) is 0 Å². The number of carbonyl (C=O) groups excluding carboxylic acids is 2. The lowest BCUT2D eigenvalue weighted by Gasteiger charge is -2.16. The van der Waals surface area contributed by atoms with Crippen LogP contribution < -0.4 is 10.6 Å². The summed E-state index contributed by atoms with van der Waals surface area (Å²) in [6.45, 7) is 3.33. The Labute approximate surface area is 233 Å². The third kappa shape index (κ3) is 6.65. The molecule has 0 saturated carbocycles. The zero-order valence-corrected chi connectivity index (χ0v) is 22.2. The van der Waals surface area contributed by atoms with Gasteiger partial charge in [-0.1, -0.05) is 65.3 Å². The average molecular weight is 566 g/mol. The van der Waals surface area contributed by atoms with E-state index in [2.05, 4.69) is 15.8 Å². The lowest BCUT2D eigenvalue weighted by molar-refractivity contribution is -0.139. The molecule has 0 aliphatic carbocycles. The summed E-state index contributed by atoms with van der Waals surface area (Å²) in [6.07, 6.45) is -1.59. The first-order valence-electron chi connectivity index (χ1n) is 12.2. The van der Waals surface area contributed by atoms with E-state index >= 15 is 0 Å². The van der Waals surface area contributed by atoms with Gasteiger partial charge in [0, 0.05) is 28.1 Å². The van der Waals surface area contributed by atoms with Gasteiger partial charge in [-0.25, -0.2) is 14.0 Å². The molecule has 206 valence electrons. The van der Waals surface area contributed by atoms with Crippen LogP contribution in [0.2, 0.25) is 5.02 Å². The molecule has 0 bridgehead atoms. The van der Waals surface area contributed by atoms with Crippen LogP contribution in [-0.4, -0.2) is 34.3 Å². The second-order valence-electron chi connectivity index (χ2n) is 8.90. The van der Waals surface area contributed by atoms with Gasteiger partial charge in [0.15, 0.2) is 5.76 Å². The van der Waals surface area contributed by atoms with E-state index in [9.17, 15) is 23.9 Å². The first-order valence-corrected chi connectivity index (χ1v) is 12.6. The fourth-order valence-electron chi connectivity index (χ4n) is 3.97. The van der Waals surface area contributed by atoms with Gasteiger partial charge in [0.1, 0.15) is 29.3 Å². The van der Waals surface area contributed by atoms with Crippen molar-refractivity contribution in [1.82, 2.24) is 10.5 Å². The first-order chi connectivity index (χ1) is 19.1. The standard InChI is InChI=1S/C29H25ClFN3O6/c1-16-25(33-29(38)39-17(2)21-8-4-5-9-22(21)30)26(40-34-16)18-11-13-19(14-12-18)27(35)32-24(28(36)37)15-20-7-3-6-10-23(20)31/h3-14,17,24H,15H2,1-2H3,(H,32,35)(H,33,38)(H,36,37)/t17-,24?/m1/s1. The molecule has 9 nitrogen and oxygen atoms in total. The van der Waals surface area contributed by atoms with Crippen molar-refractivity contribution < 1.29 is 33.1 Å².